The molecule has 5 nitrogen and oxygen atoms in total. The number of oxime groups is 1. The third-order valence-corrected chi connectivity index (χ3v) is 6.55. The van der Waals surface area contributed by atoms with Gasteiger partial charge < -0.3 is 10.2 Å². The molecule has 1 fully saturated rings. The molecular weight excluding hydrogens is 324 g/mol. The molecule has 1 aliphatic heterocycles. The molecular formula is C18H24N2O3S. The molecule has 3 rings (SSSR count). The van der Waals surface area contributed by atoms with E-state index in [-0.39, 0.29) is 23.3 Å². The summed E-state index contributed by atoms with van der Waals surface area (Å²) in [7, 11) is -0.884. The molecule has 4 atom stereocenters. The highest BCUT2D eigenvalue weighted by Crippen LogP contribution is 2.28. The van der Waals surface area contributed by atoms with E-state index in [9.17, 15) is 9.00 Å². The molecule has 1 aromatic carbocycles. The Balaban J connectivity index is 1.60. The van der Waals surface area contributed by atoms with Gasteiger partial charge in [-0.15, -0.1) is 0 Å². The first kappa shape index (κ1) is 17.1. The minimum Gasteiger partial charge on any atom is -0.387 e. The molecule has 130 valence electrons. The molecule has 2 aliphatic rings. The first-order valence-electron chi connectivity index (χ1n) is 8.64. The number of benzene rings is 1. The van der Waals surface area contributed by atoms with Gasteiger partial charge in [0.25, 0.3) is 5.91 Å². The lowest BCUT2D eigenvalue weighted by Gasteiger charge is -2.31. The van der Waals surface area contributed by atoms with Crippen molar-refractivity contribution in [2.24, 2.45) is 5.16 Å². The van der Waals surface area contributed by atoms with Crippen LogP contribution in [0.5, 0.6) is 0 Å². The molecule has 24 heavy (non-hydrogen) atoms. The fourth-order valence-electron chi connectivity index (χ4n) is 3.40. The lowest BCUT2D eigenvalue weighted by Crippen LogP contribution is -2.49. The smallest absolute Gasteiger partial charge is 0.269 e. The van der Waals surface area contributed by atoms with Crippen LogP contribution in [0.4, 0.5) is 0 Å². The standard InChI is InChI=1S/C18H24N2O3S/c1-2-24(22)17-11-7-6-10-14(17)19-18(21)15-12-16(23-20-15)13-8-4-3-5-9-13/h3-5,8-9,14,16-17H,2,6-7,10-12H2,1H3,(H,19,21). The van der Waals surface area contributed by atoms with Crippen LogP contribution in [0.3, 0.4) is 0 Å². The van der Waals surface area contributed by atoms with E-state index in [1.807, 2.05) is 37.3 Å². The largest absolute Gasteiger partial charge is 0.387 e. The Morgan fingerprint density at radius 2 is 2.04 bits per heavy atom. The summed E-state index contributed by atoms with van der Waals surface area (Å²) in [6, 6.07) is 9.77. The maximum absolute atomic E-state index is 12.5. The van der Waals surface area contributed by atoms with Gasteiger partial charge in [0.15, 0.2) is 6.10 Å². The van der Waals surface area contributed by atoms with Crippen LogP contribution in [0.1, 0.15) is 50.7 Å². The highest BCUT2D eigenvalue weighted by molar-refractivity contribution is 7.85. The minimum atomic E-state index is -0.884. The highest BCUT2D eigenvalue weighted by Gasteiger charge is 2.33. The van der Waals surface area contributed by atoms with Crippen molar-refractivity contribution in [2.45, 2.75) is 56.4 Å². The van der Waals surface area contributed by atoms with Crippen LogP contribution in [0.25, 0.3) is 0 Å². The fraction of sp³-hybridized carbons (Fsp3) is 0.556. The summed E-state index contributed by atoms with van der Waals surface area (Å²) in [5.41, 5.74) is 1.45. The maximum Gasteiger partial charge on any atom is 0.269 e. The number of rotatable bonds is 5. The molecule has 1 aliphatic carbocycles. The third kappa shape index (κ3) is 3.86. The quantitative estimate of drug-likeness (QED) is 0.889. The van der Waals surface area contributed by atoms with E-state index >= 15 is 0 Å². The summed E-state index contributed by atoms with van der Waals surface area (Å²) in [5, 5.41) is 7.09. The first-order valence-corrected chi connectivity index (χ1v) is 10.0. The number of hydrogen-bond donors (Lipinski definition) is 1. The second-order valence-corrected chi connectivity index (χ2v) is 8.26. The van der Waals surface area contributed by atoms with Crippen molar-refractivity contribution in [1.82, 2.24) is 5.32 Å². The minimum absolute atomic E-state index is 0.0227. The Hall–Kier alpha value is -1.69. The van der Waals surface area contributed by atoms with Gasteiger partial charge in [0, 0.05) is 29.0 Å². The van der Waals surface area contributed by atoms with Gasteiger partial charge in [0.1, 0.15) is 5.71 Å². The van der Waals surface area contributed by atoms with Gasteiger partial charge in [0.05, 0.1) is 5.25 Å². The molecule has 1 heterocycles. The molecule has 6 heteroatoms. The van der Waals surface area contributed by atoms with Crippen LogP contribution in [-0.2, 0) is 20.4 Å². The van der Waals surface area contributed by atoms with E-state index in [2.05, 4.69) is 10.5 Å². The summed E-state index contributed by atoms with van der Waals surface area (Å²) in [4.78, 5) is 18.0. The van der Waals surface area contributed by atoms with Crippen molar-refractivity contribution in [3.05, 3.63) is 35.9 Å². The van der Waals surface area contributed by atoms with E-state index in [1.54, 1.807) is 0 Å². The summed E-state index contributed by atoms with van der Waals surface area (Å²) in [5.74, 6) is 0.454. The lowest BCUT2D eigenvalue weighted by atomic mass is 9.94. The zero-order valence-electron chi connectivity index (χ0n) is 13.9. The zero-order valence-corrected chi connectivity index (χ0v) is 14.8. The Morgan fingerprint density at radius 1 is 1.29 bits per heavy atom. The number of nitrogens with one attached hydrogen (secondary N) is 1. The van der Waals surface area contributed by atoms with Gasteiger partial charge in [-0.3, -0.25) is 9.00 Å². The van der Waals surface area contributed by atoms with Gasteiger partial charge >= 0.3 is 0 Å². The van der Waals surface area contributed by atoms with Gasteiger partial charge in [-0.2, -0.15) is 0 Å². The summed E-state index contributed by atoms with van der Waals surface area (Å²) in [6.45, 7) is 1.93. The molecule has 0 bridgehead atoms. The summed E-state index contributed by atoms with van der Waals surface area (Å²) >= 11 is 0. The zero-order chi connectivity index (χ0) is 16.9. The Kier molecular flexibility index (Phi) is 5.66. The molecule has 1 amide bonds. The number of carbonyl (C=O) groups is 1. The van der Waals surface area contributed by atoms with Gasteiger partial charge in [-0.25, -0.2) is 0 Å². The van der Waals surface area contributed by atoms with Gasteiger partial charge in [0.2, 0.25) is 0 Å². The number of nitrogens with zero attached hydrogens (tertiary/aromatic N) is 1. The van der Waals surface area contributed by atoms with Crippen molar-refractivity contribution in [2.75, 3.05) is 5.75 Å². The Bertz CT molecular complexity index is 632. The Labute approximate surface area is 145 Å². The molecule has 1 saturated carbocycles. The van der Waals surface area contributed by atoms with Crippen LogP contribution in [-0.4, -0.2) is 32.9 Å². The van der Waals surface area contributed by atoms with Crippen molar-refractivity contribution in [3.63, 3.8) is 0 Å². The van der Waals surface area contributed by atoms with Crippen molar-refractivity contribution in [1.29, 1.82) is 0 Å². The van der Waals surface area contributed by atoms with Crippen LogP contribution in [0.15, 0.2) is 35.5 Å². The summed E-state index contributed by atoms with van der Waals surface area (Å²) in [6.07, 6.45) is 4.24. The molecule has 0 saturated heterocycles. The normalized spacial score (nSPS) is 27.9. The number of carbonyl (C=O) groups excluding carboxylic acids is 1. The molecule has 1 N–H and O–H groups in total. The molecule has 4 unspecified atom stereocenters. The Morgan fingerprint density at radius 3 is 2.79 bits per heavy atom. The number of amides is 1. The van der Waals surface area contributed by atoms with Gasteiger partial charge in [-0.1, -0.05) is 55.3 Å². The van der Waals surface area contributed by atoms with E-state index in [4.69, 9.17) is 4.84 Å². The first-order chi connectivity index (χ1) is 11.7. The number of hydrogen-bond acceptors (Lipinski definition) is 4. The average molecular weight is 348 g/mol. The van der Waals surface area contributed by atoms with E-state index < -0.39 is 10.8 Å². The molecule has 0 radical (unpaired) electrons. The topological polar surface area (TPSA) is 67.8 Å². The summed E-state index contributed by atoms with van der Waals surface area (Å²) < 4.78 is 12.2. The third-order valence-electron chi connectivity index (χ3n) is 4.74. The van der Waals surface area contributed by atoms with E-state index in [1.165, 1.54) is 0 Å². The predicted octanol–water partition coefficient (Wildman–Crippen LogP) is 2.70. The lowest BCUT2D eigenvalue weighted by molar-refractivity contribution is -0.115. The fourth-order valence-corrected chi connectivity index (χ4v) is 4.83. The molecule has 0 aromatic heterocycles. The van der Waals surface area contributed by atoms with E-state index in [0.717, 1.165) is 31.2 Å². The second-order valence-electron chi connectivity index (χ2n) is 6.32. The van der Waals surface area contributed by atoms with Crippen LogP contribution in [0.2, 0.25) is 0 Å². The predicted molar refractivity (Wildman–Crippen MR) is 95.2 cm³/mol. The average Bonchev–Trinajstić information content (AvgIpc) is 3.12. The monoisotopic (exact) mass is 348 g/mol. The van der Waals surface area contributed by atoms with Crippen molar-refractivity contribution >= 4 is 22.4 Å². The molecule has 0 spiro atoms. The van der Waals surface area contributed by atoms with Crippen LogP contribution in [0, 0.1) is 0 Å². The maximum atomic E-state index is 12.5. The van der Waals surface area contributed by atoms with E-state index in [0.29, 0.717) is 17.9 Å². The highest BCUT2D eigenvalue weighted by atomic mass is 32.2. The van der Waals surface area contributed by atoms with Gasteiger partial charge in [-0.05, 0) is 18.4 Å². The molecule has 1 aromatic rings. The van der Waals surface area contributed by atoms with Crippen LogP contribution < -0.4 is 5.32 Å². The second kappa shape index (κ2) is 7.92. The SMILES string of the molecule is CCS(=O)C1CCCCC1NC(=O)C1=NOC(c2ccccc2)C1. The van der Waals surface area contributed by atoms with Crippen LogP contribution >= 0.6 is 0 Å². The van der Waals surface area contributed by atoms with Crippen molar-refractivity contribution < 1.29 is 13.8 Å². The van der Waals surface area contributed by atoms with Crippen molar-refractivity contribution in [3.8, 4) is 0 Å².